The van der Waals surface area contributed by atoms with Crippen molar-refractivity contribution in [1.29, 1.82) is 0 Å². The molecule has 0 spiro atoms. The van der Waals surface area contributed by atoms with E-state index in [9.17, 15) is 4.79 Å². The molecule has 0 aliphatic carbocycles. The minimum atomic E-state index is 0.427. The van der Waals surface area contributed by atoms with Crippen LogP contribution in [0.15, 0.2) is 66.7 Å². The van der Waals surface area contributed by atoms with Gasteiger partial charge in [0.1, 0.15) is 12.9 Å². The number of benzene rings is 3. The molecule has 0 fully saturated rings. The third-order valence-corrected chi connectivity index (χ3v) is 3.99. The van der Waals surface area contributed by atoms with Gasteiger partial charge in [0.25, 0.3) is 0 Å². The number of aldehydes is 1. The lowest BCUT2D eigenvalue weighted by Gasteiger charge is -2.16. The third kappa shape index (κ3) is 3.89. The van der Waals surface area contributed by atoms with Crippen molar-refractivity contribution in [1.82, 2.24) is 0 Å². The Balaban J connectivity index is 2.06. The summed E-state index contributed by atoms with van der Waals surface area (Å²) in [5, 5.41) is 0. The summed E-state index contributed by atoms with van der Waals surface area (Å²) in [6, 6.07) is 21.6. The second-order valence-corrected chi connectivity index (χ2v) is 5.86. The lowest BCUT2D eigenvalue weighted by Crippen LogP contribution is -2.01. The Hall–Kier alpha value is -3.07. The first-order chi connectivity index (χ1) is 12.2. The number of carbonyl (C=O) groups is 1. The monoisotopic (exact) mass is 332 g/mol. The van der Waals surface area contributed by atoms with E-state index in [4.69, 9.17) is 9.47 Å². The van der Waals surface area contributed by atoms with E-state index in [-0.39, 0.29) is 0 Å². The number of methoxy groups -OCH3 is 1. The molecule has 126 valence electrons. The molecule has 0 saturated carbocycles. The highest BCUT2D eigenvalue weighted by Gasteiger charge is 2.15. The molecular weight excluding hydrogens is 312 g/mol. The Morgan fingerprint density at radius 3 is 2.44 bits per heavy atom. The SMILES string of the molecule is COc1cc(C=O)cc(-c2cccc(C)c2)c1OCc1ccccc1. The van der Waals surface area contributed by atoms with E-state index in [1.807, 2.05) is 61.5 Å². The van der Waals surface area contributed by atoms with Crippen LogP contribution in [0.25, 0.3) is 11.1 Å². The first-order valence-corrected chi connectivity index (χ1v) is 8.12. The van der Waals surface area contributed by atoms with Crippen LogP contribution in [0.3, 0.4) is 0 Å². The summed E-state index contributed by atoms with van der Waals surface area (Å²) in [7, 11) is 1.58. The molecule has 0 saturated heterocycles. The molecular formula is C22H20O3. The first kappa shape index (κ1) is 16.8. The Morgan fingerprint density at radius 2 is 1.76 bits per heavy atom. The minimum absolute atomic E-state index is 0.427. The van der Waals surface area contributed by atoms with Gasteiger partial charge >= 0.3 is 0 Å². The van der Waals surface area contributed by atoms with Crippen LogP contribution >= 0.6 is 0 Å². The molecule has 0 unspecified atom stereocenters. The van der Waals surface area contributed by atoms with E-state index in [0.717, 1.165) is 28.5 Å². The highest BCUT2D eigenvalue weighted by atomic mass is 16.5. The quantitative estimate of drug-likeness (QED) is 0.592. The molecule has 0 amide bonds. The van der Waals surface area contributed by atoms with E-state index < -0.39 is 0 Å². The van der Waals surface area contributed by atoms with Gasteiger partial charge in [-0.1, -0.05) is 60.2 Å². The van der Waals surface area contributed by atoms with Crippen molar-refractivity contribution in [3.05, 3.63) is 83.4 Å². The van der Waals surface area contributed by atoms with Crippen LogP contribution in [0.1, 0.15) is 21.5 Å². The number of aryl methyl sites for hydroxylation is 1. The molecule has 3 aromatic rings. The van der Waals surface area contributed by atoms with Crippen LogP contribution in [0.4, 0.5) is 0 Å². The minimum Gasteiger partial charge on any atom is -0.493 e. The van der Waals surface area contributed by atoms with Gasteiger partial charge in [-0.15, -0.1) is 0 Å². The third-order valence-electron chi connectivity index (χ3n) is 3.99. The van der Waals surface area contributed by atoms with Gasteiger partial charge in [-0.05, 0) is 30.2 Å². The first-order valence-electron chi connectivity index (χ1n) is 8.12. The molecule has 0 aromatic heterocycles. The maximum atomic E-state index is 11.3. The summed E-state index contributed by atoms with van der Waals surface area (Å²) < 4.78 is 11.6. The van der Waals surface area contributed by atoms with Crippen LogP contribution in [0.5, 0.6) is 11.5 Å². The number of ether oxygens (including phenoxy) is 2. The second-order valence-electron chi connectivity index (χ2n) is 5.86. The van der Waals surface area contributed by atoms with Crippen molar-refractivity contribution in [2.24, 2.45) is 0 Å². The standard InChI is InChI=1S/C22H20O3/c1-16-7-6-10-19(11-16)20-12-18(14-23)13-21(24-2)22(20)25-15-17-8-4-3-5-9-17/h3-14H,15H2,1-2H3. The van der Waals surface area contributed by atoms with Crippen molar-refractivity contribution in [2.75, 3.05) is 7.11 Å². The number of rotatable bonds is 6. The Bertz CT molecular complexity index is 870. The molecule has 3 rings (SSSR count). The maximum Gasteiger partial charge on any atom is 0.169 e. The average Bonchev–Trinajstić information content (AvgIpc) is 2.66. The molecule has 0 atom stereocenters. The maximum absolute atomic E-state index is 11.3. The van der Waals surface area contributed by atoms with E-state index >= 15 is 0 Å². The van der Waals surface area contributed by atoms with E-state index in [0.29, 0.717) is 23.7 Å². The molecule has 0 aliphatic rings. The Morgan fingerprint density at radius 1 is 0.960 bits per heavy atom. The van der Waals surface area contributed by atoms with Gasteiger partial charge in [0, 0.05) is 11.1 Å². The van der Waals surface area contributed by atoms with Crippen molar-refractivity contribution in [3.63, 3.8) is 0 Å². The predicted octanol–water partition coefficient (Wildman–Crippen LogP) is 5.06. The van der Waals surface area contributed by atoms with Crippen LogP contribution in [0.2, 0.25) is 0 Å². The van der Waals surface area contributed by atoms with Gasteiger partial charge < -0.3 is 9.47 Å². The van der Waals surface area contributed by atoms with Crippen molar-refractivity contribution >= 4 is 6.29 Å². The largest absolute Gasteiger partial charge is 0.493 e. The fourth-order valence-corrected chi connectivity index (χ4v) is 2.75. The Labute approximate surface area is 147 Å². The van der Waals surface area contributed by atoms with Crippen LogP contribution in [0, 0.1) is 6.92 Å². The van der Waals surface area contributed by atoms with Crippen LogP contribution in [-0.2, 0) is 6.61 Å². The van der Waals surface area contributed by atoms with Gasteiger partial charge in [-0.2, -0.15) is 0 Å². The number of hydrogen-bond donors (Lipinski definition) is 0. The van der Waals surface area contributed by atoms with Crippen molar-refractivity contribution < 1.29 is 14.3 Å². The van der Waals surface area contributed by atoms with Gasteiger partial charge in [-0.3, -0.25) is 4.79 Å². The summed E-state index contributed by atoms with van der Waals surface area (Å²) in [6.07, 6.45) is 0.822. The highest BCUT2D eigenvalue weighted by molar-refractivity contribution is 5.84. The average molecular weight is 332 g/mol. The van der Waals surface area contributed by atoms with Gasteiger partial charge in [0.15, 0.2) is 11.5 Å². The van der Waals surface area contributed by atoms with Crippen molar-refractivity contribution in [2.45, 2.75) is 13.5 Å². The lowest BCUT2D eigenvalue weighted by molar-refractivity contribution is 0.112. The molecule has 0 aliphatic heterocycles. The summed E-state index contributed by atoms with van der Waals surface area (Å²) in [4.78, 5) is 11.3. The fourth-order valence-electron chi connectivity index (χ4n) is 2.75. The van der Waals surface area contributed by atoms with Crippen molar-refractivity contribution in [3.8, 4) is 22.6 Å². The number of hydrogen-bond acceptors (Lipinski definition) is 3. The van der Waals surface area contributed by atoms with Gasteiger partial charge in [-0.25, -0.2) is 0 Å². The molecule has 3 aromatic carbocycles. The second kappa shape index (κ2) is 7.67. The zero-order valence-electron chi connectivity index (χ0n) is 14.4. The van der Waals surface area contributed by atoms with E-state index in [1.165, 1.54) is 0 Å². The van der Waals surface area contributed by atoms with E-state index in [1.54, 1.807) is 13.2 Å². The molecule has 0 radical (unpaired) electrons. The molecule has 0 heterocycles. The lowest BCUT2D eigenvalue weighted by atomic mass is 10.00. The molecule has 3 heteroatoms. The summed E-state index contributed by atoms with van der Waals surface area (Å²) in [5.41, 5.74) is 4.60. The summed E-state index contributed by atoms with van der Waals surface area (Å²) in [5.74, 6) is 1.19. The van der Waals surface area contributed by atoms with Gasteiger partial charge in [0.05, 0.1) is 7.11 Å². The number of carbonyl (C=O) groups excluding carboxylic acids is 1. The smallest absolute Gasteiger partial charge is 0.169 e. The summed E-state index contributed by atoms with van der Waals surface area (Å²) >= 11 is 0. The van der Waals surface area contributed by atoms with Crippen LogP contribution < -0.4 is 9.47 Å². The highest BCUT2D eigenvalue weighted by Crippen LogP contribution is 2.40. The van der Waals surface area contributed by atoms with Gasteiger partial charge in [0.2, 0.25) is 0 Å². The van der Waals surface area contributed by atoms with Crippen LogP contribution in [-0.4, -0.2) is 13.4 Å². The normalized spacial score (nSPS) is 10.3. The zero-order valence-corrected chi connectivity index (χ0v) is 14.4. The molecule has 25 heavy (non-hydrogen) atoms. The Kier molecular flexibility index (Phi) is 5.14. The molecule has 0 N–H and O–H groups in total. The zero-order chi connectivity index (χ0) is 17.6. The summed E-state index contributed by atoms with van der Waals surface area (Å²) in [6.45, 7) is 2.46. The predicted molar refractivity (Wildman–Crippen MR) is 99.3 cm³/mol. The molecule has 0 bridgehead atoms. The molecule has 3 nitrogen and oxygen atoms in total. The van der Waals surface area contributed by atoms with E-state index in [2.05, 4.69) is 6.07 Å². The topological polar surface area (TPSA) is 35.5 Å². The fraction of sp³-hybridized carbons (Fsp3) is 0.136.